The Labute approximate surface area is 136 Å². The second-order valence-electron chi connectivity index (χ2n) is 7.77. The summed E-state index contributed by atoms with van der Waals surface area (Å²) in [5.41, 5.74) is 0. The van der Waals surface area contributed by atoms with Crippen LogP contribution in [0.15, 0.2) is 0 Å². The Morgan fingerprint density at radius 3 is 1.19 bits per heavy atom. The van der Waals surface area contributed by atoms with Crippen molar-refractivity contribution >= 4 is 8.24 Å². The van der Waals surface area contributed by atoms with Crippen LogP contribution in [-0.2, 0) is 0 Å². The Balaban J connectivity index is 3.00. The Kier molecular flexibility index (Phi) is 15.2. The first-order chi connectivity index (χ1) is 10.1. The van der Waals surface area contributed by atoms with E-state index in [4.69, 9.17) is 0 Å². The quantitative estimate of drug-likeness (QED) is 0.241. The van der Waals surface area contributed by atoms with Crippen LogP contribution < -0.4 is 4.98 Å². The van der Waals surface area contributed by atoms with Gasteiger partial charge in [-0.2, -0.15) is 0 Å². The van der Waals surface area contributed by atoms with Crippen molar-refractivity contribution in [2.24, 2.45) is 0 Å². The molecule has 0 aliphatic carbocycles. The zero-order valence-electron chi connectivity index (χ0n) is 15.6. The summed E-state index contributed by atoms with van der Waals surface area (Å²) in [4.78, 5) is 3.70. The van der Waals surface area contributed by atoms with Crippen molar-refractivity contribution in [3.8, 4) is 0 Å². The van der Waals surface area contributed by atoms with E-state index in [1.165, 1.54) is 96.4 Å². The maximum atomic E-state index is 3.70. The highest BCUT2D eigenvalue weighted by Gasteiger charge is 2.10. The van der Waals surface area contributed by atoms with Gasteiger partial charge in [0.1, 0.15) is 8.24 Å². The number of unbranched alkanes of at least 4 members (excludes halogenated alkanes) is 13. The van der Waals surface area contributed by atoms with Gasteiger partial charge in [0.15, 0.2) is 0 Å². The Hall–Kier alpha value is 0.177. The van der Waals surface area contributed by atoms with Crippen LogP contribution in [0.5, 0.6) is 0 Å². The van der Waals surface area contributed by atoms with Gasteiger partial charge >= 0.3 is 0 Å². The van der Waals surface area contributed by atoms with Crippen LogP contribution >= 0.6 is 0 Å². The topological polar surface area (TPSA) is 12.0 Å². The molecule has 128 valence electrons. The van der Waals surface area contributed by atoms with Gasteiger partial charge in [0, 0.05) is 0 Å². The molecule has 0 rings (SSSR count). The fraction of sp³-hybridized carbons (Fsp3) is 1.00. The van der Waals surface area contributed by atoms with Crippen molar-refractivity contribution in [3.05, 3.63) is 0 Å². The van der Waals surface area contributed by atoms with Crippen LogP contribution in [0.4, 0.5) is 0 Å². The van der Waals surface area contributed by atoms with E-state index in [-0.39, 0.29) is 0 Å². The van der Waals surface area contributed by atoms with Crippen LogP contribution in [0.1, 0.15) is 96.8 Å². The molecule has 0 bridgehead atoms. The fourth-order valence-electron chi connectivity index (χ4n) is 2.78. The summed E-state index contributed by atoms with van der Waals surface area (Å²) in [5.74, 6) is 0. The molecule has 0 heterocycles. The standard InChI is InChI=1S/C19H43NSi/c1-5-6-7-8-9-10-11-12-13-14-15-16-17-18-19-20-21(2,3)4/h20H,5-19H2,1-4H3. The third-order valence-corrected chi connectivity index (χ3v) is 5.50. The Morgan fingerprint density at radius 1 is 0.524 bits per heavy atom. The summed E-state index contributed by atoms with van der Waals surface area (Å²) in [5, 5.41) is 0. The molecule has 21 heavy (non-hydrogen) atoms. The van der Waals surface area contributed by atoms with E-state index in [2.05, 4.69) is 31.5 Å². The predicted molar refractivity (Wildman–Crippen MR) is 102 cm³/mol. The SMILES string of the molecule is CCCCCCCCCCCCCCCCN[Si](C)(C)C. The maximum Gasteiger partial charge on any atom is 0.116 e. The van der Waals surface area contributed by atoms with Gasteiger partial charge in [-0.15, -0.1) is 0 Å². The van der Waals surface area contributed by atoms with E-state index < -0.39 is 8.24 Å². The normalized spacial score (nSPS) is 12.0. The largest absolute Gasteiger partial charge is 0.337 e. The van der Waals surface area contributed by atoms with Gasteiger partial charge in [0.25, 0.3) is 0 Å². The minimum Gasteiger partial charge on any atom is -0.337 e. The molecule has 0 unspecified atom stereocenters. The van der Waals surface area contributed by atoms with E-state index in [0.717, 1.165) is 0 Å². The van der Waals surface area contributed by atoms with Gasteiger partial charge in [-0.05, 0) is 13.0 Å². The van der Waals surface area contributed by atoms with Crippen molar-refractivity contribution in [1.29, 1.82) is 0 Å². The molecule has 0 aliphatic rings. The molecule has 1 nitrogen and oxygen atoms in total. The molecule has 0 aliphatic heterocycles. The lowest BCUT2D eigenvalue weighted by Gasteiger charge is -2.17. The van der Waals surface area contributed by atoms with Crippen molar-refractivity contribution in [1.82, 2.24) is 4.98 Å². The van der Waals surface area contributed by atoms with Crippen molar-refractivity contribution in [2.45, 2.75) is 116 Å². The second-order valence-corrected chi connectivity index (χ2v) is 12.6. The molecule has 0 amide bonds. The van der Waals surface area contributed by atoms with E-state index in [1.807, 2.05) is 0 Å². The lowest BCUT2D eigenvalue weighted by Crippen LogP contribution is -2.41. The molecule has 0 fully saturated rings. The molecule has 0 aromatic heterocycles. The van der Waals surface area contributed by atoms with E-state index >= 15 is 0 Å². The fourth-order valence-corrected chi connectivity index (χ4v) is 3.71. The van der Waals surface area contributed by atoms with Crippen molar-refractivity contribution < 1.29 is 0 Å². The van der Waals surface area contributed by atoms with E-state index in [0.29, 0.717) is 0 Å². The molecule has 0 spiro atoms. The Morgan fingerprint density at radius 2 is 0.857 bits per heavy atom. The van der Waals surface area contributed by atoms with Gasteiger partial charge in [0.2, 0.25) is 0 Å². The number of nitrogens with one attached hydrogen (secondary N) is 1. The van der Waals surface area contributed by atoms with Crippen molar-refractivity contribution in [2.75, 3.05) is 6.54 Å². The summed E-state index contributed by atoms with van der Waals surface area (Å²) in [7, 11) is -1.01. The summed E-state index contributed by atoms with van der Waals surface area (Å²) in [6.07, 6.45) is 20.3. The molecular formula is C19H43NSi. The zero-order chi connectivity index (χ0) is 15.8. The highest BCUT2D eigenvalue weighted by Crippen LogP contribution is 2.12. The molecule has 0 atom stereocenters. The average Bonchev–Trinajstić information content (AvgIpc) is 2.42. The molecule has 0 radical (unpaired) electrons. The smallest absolute Gasteiger partial charge is 0.116 e. The first-order valence-electron chi connectivity index (χ1n) is 9.81. The van der Waals surface area contributed by atoms with Gasteiger partial charge in [-0.3, -0.25) is 0 Å². The first-order valence-corrected chi connectivity index (χ1v) is 13.3. The van der Waals surface area contributed by atoms with Crippen LogP contribution in [0.2, 0.25) is 19.6 Å². The molecule has 0 saturated carbocycles. The third-order valence-electron chi connectivity index (χ3n) is 4.19. The molecular weight excluding hydrogens is 270 g/mol. The minimum absolute atomic E-state index is 1.01. The number of rotatable bonds is 16. The van der Waals surface area contributed by atoms with Gasteiger partial charge < -0.3 is 4.98 Å². The lowest BCUT2D eigenvalue weighted by atomic mass is 10.0. The highest BCUT2D eigenvalue weighted by atomic mass is 28.3. The Bertz CT molecular complexity index is 198. The van der Waals surface area contributed by atoms with Crippen LogP contribution in [0.3, 0.4) is 0 Å². The first kappa shape index (κ1) is 21.2. The van der Waals surface area contributed by atoms with E-state index in [1.54, 1.807) is 0 Å². The van der Waals surface area contributed by atoms with Gasteiger partial charge in [0.05, 0.1) is 0 Å². The predicted octanol–water partition coefficient (Wildman–Crippen LogP) is 6.89. The third kappa shape index (κ3) is 20.2. The highest BCUT2D eigenvalue weighted by molar-refractivity contribution is 6.73. The zero-order valence-corrected chi connectivity index (χ0v) is 16.6. The summed E-state index contributed by atoms with van der Waals surface area (Å²) in [6.45, 7) is 10.7. The molecule has 0 aromatic carbocycles. The molecule has 1 N–H and O–H groups in total. The average molecular weight is 314 g/mol. The maximum absolute atomic E-state index is 3.70. The van der Waals surface area contributed by atoms with Gasteiger partial charge in [-0.25, -0.2) is 0 Å². The number of hydrogen-bond acceptors (Lipinski definition) is 1. The summed E-state index contributed by atoms with van der Waals surface area (Å²) < 4.78 is 0. The minimum atomic E-state index is -1.01. The molecule has 0 saturated heterocycles. The molecule has 0 aromatic rings. The van der Waals surface area contributed by atoms with Crippen LogP contribution in [0, 0.1) is 0 Å². The monoisotopic (exact) mass is 313 g/mol. The molecule has 2 heteroatoms. The van der Waals surface area contributed by atoms with Crippen LogP contribution in [0.25, 0.3) is 0 Å². The van der Waals surface area contributed by atoms with Crippen molar-refractivity contribution in [3.63, 3.8) is 0 Å². The number of hydrogen-bond donors (Lipinski definition) is 1. The van der Waals surface area contributed by atoms with Crippen LogP contribution in [-0.4, -0.2) is 14.8 Å². The summed E-state index contributed by atoms with van der Waals surface area (Å²) in [6, 6.07) is 0. The lowest BCUT2D eigenvalue weighted by molar-refractivity contribution is 0.535. The second kappa shape index (κ2) is 15.1. The summed E-state index contributed by atoms with van der Waals surface area (Å²) >= 11 is 0. The van der Waals surface area contributed by atoms with E-state index in [9.17, 15) is 0 Å². The van der Waals surface area contributed by atoms with Gasteiger partial charge in [-0.1, -0.05) is 110 Å².